The van der Waals surface area contributed by atoms with Crippen molar-refractivity contribution in [2.75, 3.05) is 11.4 Å². The SMILES string of the molecule is CCN(c1ccc(F)cc1)c1nnc(C2CCCCC2)n1C. The normalized spacial score (nSPS) is 16.0. The van der Waals surface area contributed by atoms with Crippen LogP contribution in [0, 0.1) is 5.82 Å². The lowest BCUT2D eigenvalue weighted by Crippen LogP contribution is -2.21. The highest BCUT2D eigenvalue weighted by Gasteiger charge is 2.23. The second kappa shape index (κ2) is 6.46. The molecule has 1 fully saturated rings. The lowest BCUT2D eigenvalue weighted by Gasteiger charge is -2.24. The zero-order chi connectivity index (χ0) is 15.5. The van der Waals surface area contributed by atoms with Crippen LogP contribution < -0.4 is 4.90 Å². The Morgan fingerprint density at radius 1 is 1.14 bits per heavy atom. The first-order chi connectivity index (χ1) is 10.7. The van der Waals surface area contributed by atoms with Gasteiger partial charge in [0.05, 0.1) is 0 Å². The average molecular weight is 302 g/mol. The first kappa shape index (κ1) is 15.0. The Hall–Kier alpha value is -1.91. The van der Waals surface area contributed by atoms with E-state index in [9.17, 15) is 4.39 Å². The van der Waals surface area contributed by atoms with Gasteiger partial charge >= 0.3 is 0 Å². The van der Waals surface area contributed by atoms with Crippen LogP contribution in [0.3, 0.4) is 0 Å². The van der Waals surface area contributed by atoms with E-state index in [-0.39, 0.29) is 5.82 Å². The standard InChI is InChI=1S/C17H23FN4/c1-3-22(15-11-9-14(18)10-12-15)17-20-19-16(21(17)2)13-7-5-4-6-8-13/h9-13H,3-8H2,1-2H3. The van der Waals surface area contributed by atoms with Crippen molar-refractivity contribution in [2.24, 2.45) is 7.05 Å². The number of hydrogen-bond acceptors (Lipinski definition) is 3. The van der Waals surface area contributed by atoms with E-state index in [0.717, 1.165) is 24.0 Å². The minimum atomic E-state index is -0.222. The second-order valence-electron chi connectivity index (χ2n) is 5.97. The van der Waals surface area contributed by atoms with E-state index in [1.807, 2.05) is 7.05 Å². The van der Waals surface area contributed by atoms with Crippen molar-refractivity contribution in [1.29, 1.82) is 0 Å². The molecule has 0 saturated heterocycles. The van der Waals surface area contributed by atoms with Crippen molar-refractivity contribution < 1.29 is 4.39 Å². The Labute approximate surface area is 131 Å². The van der Waals surface area contributed by atoms with Gasteiger partial charge in [0.1, 0.15) is 11.6 Å². The molecule has 1 aromatic carbocycles. The van der Waals surface area contributed by atoms with Crippen molar-refractivity contribution in [2.45, 2.75) is 44.9 Å². The number of rotatable bonds is 4. The van der Waals surface area contributed by atoms with E-state index in [1.54, 1.807) is 12.1 Å². The van der Waals surface area contributed by atoms with Crippen LogP contribution in [0.15, 0.2) is 24.3 Å². The zero-order valence-electron chi connectivity index (χ0n) is 13.3. The van der Waals surface area contributed by atoms with Crippen molar-refractivity contribution in [3.63, 3.8) is 0 Å². The largest absolute Gasteiger partial charge is 0.311 e. The summed E-state index contributed by atoms with van der Waals surface area (Å²) < 4.78 is 15.2. The van der Waals surface area contributed by atoms with Crippen molar-refractivity contribution in [3.05, 3.63) is 35.9 Å². The smallest absolute Gasteiger partial charge is 0.231 e. The molecule has 1 aliphatic carbocycles. The third-order valence-corrected chi connectivity index (χ3v) is 4.55. The van der Waals surface area contributed by atoms with Gasteiger partial charge in [-0.15, -0.1) is 10.2 Å². The fourth-order valence-electron chi connectivity index (χ4n) is 3.34. The molecule has 5 heteroatoms. The summed E-state index contributed by atoms with van der Waals surface area (Å²) in [5.41, 5.74) is 0.939. The molecule has 0 amide bonds. The van der Waals surface area contributed by atoms with Gasteiger partial charge in [0.2, 0.25) is 5.95 Å². The molecule has 0 spiro atoms. The minimum absolute atomic E-state index is 0.222. The molecular formula is C17H23FN4. The maximum atomic E-state index is 13.1. The fourth-order valence-corrected chi connectivity index (χ4v) is 3.34. The molecule has 4 nitrogen and oxygen atoms in total. The Balaban J connectivity index is 1.89. The predicted molar refractivity (Wildman–Crippen MR) is 85.9 cm³/mol. The zero-order valence-corrected chi connectivity index (χ0v) is 13.3. The highest BCUT2D eigenvalue weighted by molar-refractivity contribution is 5.57. The van der Waals surface area contributed by atoms with E-state index in [2.05, 4.69) is 26.6 Å². The number of halogens is 1. The van der Waals surface area contributed by atoms with E-state index >= 15 is 0 Å². The molecule has 22 heavy (non-hydrogen) atoms. The molecule has 1 heterocycles. The molecule has 1 aliphatic rings. The van der Waals surface area contributed by atoms with Gasteiger partial charge < -0.3 is 4.90 Å². The van der Waals surface area contributed by atoms with Crippen LogP contribution in [0.1, 0.15) is 50.8 Å². The molecular weight excluding hydrogens is 279 g/mol. The van der Waals surface area contributed by atoms with Gasteiger partial charge in [-0.3, -0.25) is 4.57 Å². The van der Waals surface area contributed by atoms with E-state index < -0.39 is 0 Å². The van der Waals surface area contributed by atoms with Crippen LogP contribution in [0.25, 0.3) is 0 Å². The van der Waals surface area contributed by atoms with Gasteiger partial charge in [-0.25, -0.2) is 4.39 Å². The van der Waals surface area contributed by atoms with Gasteiger partial charge in [0.15, 0.2) is 0 Å². The maximum Gasteiger partial charge on any atom is 0.231 e. The summed E-state index contributed by atoms with van der Waals surface area (Å²) in [5, 5.41) is 8.85. The Bertz CT molecular complexity index is 614. The van der Waals surface area contributed by atoms with Gasteiger partial charge in [0, 0.05) is 25.2 Å². The molecule has 1 aromatic heterocycles. The molecule has 0 bridgehead atoms. The average Bonchev–Trinajstić information content (AvgIpc) is 2.93. The van der Waals surface area contributed by atoms with Crippen LogP contribution in [0.5, 0.6) is 0 Å². The Morgan fingerprint density at radius 3 is 2.45 bits per heavy atom. The highest BCUT2D eigenvalue weighted by Crippen LogP contribution is 2.33. The molecule has 0 aliphatic heterocycles. The lowest BCUT2D eigenvalue weighted by molar-refractivity contribution is 0.420. The van der Waals surface area contributed by atoms with Gasteiger partial charge in [0.25, 0.3) is 0 Å². The van der Waals surface area contributed by atoms with Gasteiger partial charge in [-0.05, 0) is 44.0 Å². The van der Waals surface area contributed by atoms with Crippen molar-refractivity contribution >= 4 is 11.6 Å². The van der Waals surface area contributed by atoms with Crippen LogP contribution in [-0.4, -0.2) is 21.3 Å². The first-order valence-corrected chi connectivity index (χ1v) is 8.13. The fraction of sp³-hybridized carbons (Fsp3) is 0.529. The van der Waals surface area contributed by atoms with Gasteiger partial charge in [-0.1, -0.05) is 19.3 Å². The number of hydrogen-bond donors (Lipinski definition) is 0. The third-order valence-electron chi connectivity index (χ3n) is 4.55. The van der Waals surface area contributed by atoms with Crippen molar-refractivity contribution in [3.8, 4) is 0 Å². The molecule has 3 rings (SSSR count). The topological polar surface area (TPSA) is 34.0 Å². The predicted octanol–water partition coefficient (Wildman–Crippen LogP) is 4.16. The molecule has 0 radical (unpaired) electrons. The van der Waals surface area contributed by atoms with Crippen LogP contribution >= 0.6 is 0 Å². The number of nitrogens with zero attached hydrogens (tertiary/aromatic N) is 4. The first-order valence-electron chi connectivity index (χ1n) is 8.13. The minimum Gasteiger partial charge on any atom is -0.311 e. The monoisotopic (exact) mass is 302 g/mol. The lowest BCUT2D eigenvalue weighted by atomic mass is 9.89. The summed E-state index contributed by atoms with van der Waals surface area (Å²) in [6.45, 7) is 2.83. The summed E-state index contributed by atoms with van der Waals surface area (Å²) in [5.74, 6) is 2.21. The molecule has 1 saturated carbocycles. The van der Waals surface area contributed by atoms with Crippen LogP contribution in [0.2, 0.25) is 0 Å². The second-order valence-corrected chi connectivity index (χ2v) is 5.97. The highest BCUT2D eigenvalue weighted by atomic mass is 19.1. The molecule has 0 N–H and O–H groups in total. The number of benzene rings is 1. The molecule has 0 atom stereocenters. The number of anilines is 2. The van der Waals surface area contributed by atoms with Gasteiger partial charge in [-0.2, -0.15) is 0 Å². The van der Waals surface area contributed by atoms with Crippen LogP contribution in [0.4, 0.5) is 16.0 Å². The summed E-state index contributed by atoms with van der Waals surface area (Å²) in [6.07, 6.45) is 6.30. The molecule has 118 valence electrons. The van der Waals surface area contributed by atoms with Crippen LogP contribution in [-0.2, 0) is 7.05 Å². The summed E-state index contributed by atoms with van der Waals surface area (Å²) >= 11 is 0. The quantitative estimate of drug-likeness (QED) is 0.850. The van der Waals surface area contributed by atoms with E-state index in [0.29, 0.717) is 5.92 Å². The summed E-state index contributed by atoms with van der Waals surface area (Å²) in [4.78, 5) is 2.07. The Morgan fingerprint density at radius 2 is 1.82 bits per heavy atom. The number of aromatic nitrogens is 3. The van der Waals surface area contributed by atoms with E-state index in [1.165, 1.54) is 44.2 Å². The summed E-state index contributed by atoms with van der Waals surface area (Å²) in [7, 11) is 2.03. The molecule has 0 unspecified atom stereocenters. The van der Waals surface area contributed by atoms with E-state index in [4.69, 9.17) is 0 Å². The van der Waals surface area contributed by atoms with Crippen molar-refractivity contribution in [1.82, 2.24) is 14.8 Å². The maximum absolute atomic E-state index is 13.1. The third kappa shape index (κ3) is 2.85. The molecule has 2 aromatic rings. The summed E-state index contributed by atoms with van der Waals surface area (Å²) in [6, 6.07) is 6.54. The Kier molecular flexibility index (Phi) is 4.41.